The fraction of sp³-hybridized carbons (Fsp3) is 0. The maximum absolute atomic E-state index is 13.3. The maximum atomic E-state index is 13.3. The van der Waals surface area contributed by atoms with Crippen LogP contribution in [0.15, 0.2) is 24.3 Å². The Kier molecular flexibility index (Phi) is 3.20. The number of halogens is 2. The van der Waals surface area contributed by atoms with Crippen LogP contribution in [0.4, 0.5) is 20.5 Å². The molecule has 2 aromatic rings. The minimum absolute atomic E-state index is 0.0556. The predicted octanol–water partition coefficient (Wildman–Crippen LogP) is 1.41. The van der Waals surface area contributed by atoms with Crippen LogP contribution in [0.5, 0.6) is 11.6 Å². The molecule has 0 atom stereocenters. The van der Waals surface area contributed by atoms with Gasteiger partial charge >= 0.3 is 0 Å². The Morgan fingerprint density at radius 3 is 2.67 bits per heavy atom. The van der Waals surface area contributed by atoms with Crippen molar-refractivity contribution in [2.45, 2.75) is 0 Å². The highest BCUT2D eigenvalue weighted by Gasteiger charge is 2.09. The molecule has 0 aliphatic heterocycles. The molecule has 0 unspecified atom stereocenters. The summed E-state index contributed by atoms with van der Waals surface area (Å²) in [6.07, 6.45) is 0. The molecule has 1 heterocycles. The van der Waals surface area contributed by atoms with E-state index in [1.165, 1.54) is 6.07 Å². The zero-order valence-corrected chi connectivity index (χ0v) is 9.02. The molecule has 8 heteroatoms. The molecule has 0 spiro atoms. The molecule has 5 N–H and O–H groups in total. The largest absolute Gasteiger partial charge is 0.436 e. The number of nitrogens with two attached hydrogens (primary N) is 2. The summed E-state index contributed by atoms with van der Waals surface area (Å²) in [4.78, 5) is 7.42. The normalized spacial score (nSPS) is 10.2. The summed E-state index contributed by atoms with van der Waals surface area (Å²) in [5.74, 6) is 3.50. The third-order valence-corrected chi connectivity index (χ3v) is 1.98. The van der Waals surface area contributed by atoms with Crippen molar-refractivity contribution in [2.75, 3.05) is 11.2 Å². The molecule has 1 aromatic heterocycles. The molecule has 0 aliphatic carbocycles. The van der Waals surface area contributed by atoms with Crippen molar-refractivity contribution in [3.63, 3.8) is 0 Å². The third-order valence-electron chi connectivity index (χ3n) is 1.98. The lowest BCUT2D eigenvalue weighted by Gasteiger charge is -2.07. The lowest BCUT2D eigenvalue weighted by molar-refractivity contribution is 0.422. The molecule has 0 aliphatic rings. The zero-order chi connectivity index (χ0) is 13.1. The third kappa shape index (κ3) is 2.61. The molecule has 0 saturated heterocycles. The summed E-state index contributed by atoms with van der Waals surface area (Å²) in [5.41, 5.74) is 7.63. The summed E-state index contributed by atoms with van der Waals surface area (Å²) in [6.45, 7) is 0. The van der Waals surface area contributed by atoms with E-state index in [0.29, 0.717) is 0 Å². The van der Waals surface area contributed by atoms with E-state index < -0.39 is 11.6 Å². The molecular weight excluding hydrogens is 244 g/mol. The van der Waals surface area contributed by atoms with Crippen molar-refractivity contribution in [1.82, 2.24) is 9.97 Å². The average molecular weight is 253 g/mol. The zero-order valence-electron chi connectivity index (χ0n) is 9.02. The number of ether oxygens (including phenoxy) is 1. The number of hydrazine groups is 1. The molecule has 0 bridgehead atoms. The second kappa shape index (κ2) is 4.80. The Hall–Kier alpha value is -2.48. The molecule has 0 radical (unpaired) electrons. The fourth-order valence-corrected chi connectivity index (χ4v) is 1.24. The summed E-state index contributed by atoms with van der Waals surface area (Å²) in [6, 6.07) is 4.10. The summed E-state index contributed by atoms with van der Waals surface area (Å²) >= 11 is 0. The molecular formula is C10H9F2N5O. The van der Waals surface area contributed by atoms with E-state index in [1.807, 2.05) is 0 Å². The van der Waals surface area contributed by atoms with E-state index in [4.69, 9.17) is 16.3 Å². The van der Waals surface area contributed by atoms with Gasteiger partial charge in [-0.05, 0) is 12.1 Å². The monoisotopic (exact) mass is 253 g/mol. The fourth-order valence-electron chi connectivity index (χ4n) is 1.24. The quantitative estimate of drug-likeness (QED) is 0.565. The lowest BCUT2D eigenvalue weighted by atomic mass is 10.3. The van der Waals surface area contributed by atoms with Crippen LogP contribution in [-0.2, 0) is 0 Å². The number of hydrogen-bond donors (Lipinski definition) is 3. The van der Waals surface area contributed by atoms with Crippen molar-refractivity contribution in [3.05, 3.63) is 35.9 Å². The van der Waals surface area contributed by atoms with Crippen molar-refractivity contribution in [1.29, 1.82) is 0 Å². The highest BCUT2D eigenvalue weighted by atomic mass is 19.1. The van der Waals surface area contributed by atoms with Crippen LogP contribution in [0.2, 0.25) is 0 Å². The lowest BCUT2D eigenvalue weighted by Crippen LogP contribution is -2.10. The van der Waals surface area contributed by atoms with Crippen molar-refractivity contribution >= 4 is 11.8 Å². The number of hydrogen-bond acceptors (Lipinski definition) is 6. The number of nitrogens with one attached hydrogen (secondary N) is 1. The molecule has 18 heavy (non-hydrogen) atoms. The standard InChI is InChI=1S/C10H9F2N5O/c11-5-1-2-6(12)7(3-5)18-9-4-8(17-14)15-10(13)16-9/h1-4H,14H2,(H3,13,15,16,17). The summed E-state index contributed by atoms with van der Waals surface area (Å²) in [5, 5.41) is 0. The van der Waals surface area contributed by atoms with E-state index >= 15 is 0 Å². The molecule has 0 saturated carbocycles. The SMILES string of the molecule is NNc1cc(Oc2cc(F)ccc2F)nc(N)n1. The number of nitrogen functional groups attached to an aromatic ring is 2. The van der Waals surface area contributed by atoms with Crippen LogP contribution in [-0.4, -0.2) is 9.97 Å². The Morgan fingerprint density at radius 2 is 1.94 bits per heavy atom. The first-order valence-corrected chi connectivity index (χ1v) is 4.82. The summed E-state index contributed by atoms with van der Waals surface area (Å²) in [7, 11) is 0. The predicted molar refractivity (Wildman–Crippen MR) is 60.7 cm³/mol. The number of nitrogens with zero attached hydrogens (tertiary/aromatic N) is 2. The van der Waals surface area contributed by atoms with Crippen LogP contribution in [0.25, 0.3) is 0 Å². The van der Waals surface area contributed by atoms with Gasteiger partial charge in [0.25, 0.3) is 0 Å². The van der Waals surface area contributed by atoms with E-state index in [1.54, 1.807) is 0 Å². The van der Waals surface area contributed by atoms with Gasteiger partial charge in [-0.25, -0.2) is 14.6 Å². The highest BCUT2D eigenvalue weighted by molar-refractivity contribution is 5.43. The second-order valence-electron chi connectivity index (χ2n) is 3.27. The Labute approximate surface area is 101 Å². The van der Waals surface area contributed by atoms with Crippen molar-refractivity contribution in [2.24, 2.45) is 5.84 Å². The number of rotatable bonds is 3. The van der Waals surface area contributed by atoms with E-state index in [-0.39, 0.29) is 23.4 Å². The molecule has 94 valence electrons. The molecule has 6 nitrogen and oxygen atoms in total. The van der Waals surface area contributed by atoms with Gasteiger partial charge in [0.1, 0.15) is 11.6 Å². The van der Waals surface area contributed by atoms with Crippen LogP contribution in [0.1, 0.15) is 0 Å². The van der Waals surface area contributed by atoms with Gasteiger partial charge in [-0.1, -0.05) is 0 Å². The molecule has 0 fully saturated rings. The topological polar surface area (TPSA) is 99.1 Å². The maximum Gasteiger partial charge on any atom is 0.226 e. The Bertz CT molecular complexity index is 578. The van der Waals surface area contributed by atoms with Crippen LogP contribution in [0, 0.1) is 11.6 Å². The van der Waals surface area contributed by atoms with Crippen molar-refractivity contribution in [3.8, 4) is 11.6 Å². The van der Waals surface area contributed by atoms with Gasteiger partial charge in [0, 0.05) is 12.1 Å². The number of benzene rings is 1. The first-order chi connectivity index (χ1) is 8.58. The molecule has 0 amide bonds. The molecule has 1 aromatic carbocycles. The van der Waals surface area contributed by atoms with E-state index in [0.717, 1.165) is 18.2 Å². The van der Waals surface area contributed by atoms with Crippen molar-refractivity contribution < 1.29 is 13.5 Å². The van der Waals surface area contributed by atoms with Gasteiger partial charge in [0.2, 0.25) is 11.8 Å². The second-order valence-corrected chi connectivity index (χ2v) is 3.27. The Morgan fingerprint density at radius 1 is 1.17 bits per heavy atom. The number of anilines is 2. The summed E-state index contributed by atoms with van der Waals surface area (Å²) < 4.78 is 31.3. The van der Waals surface area contributed by atoms with Gasteiger partial charge in [0.15, 0.2) is 11.6 Å². The van der Waals surface area contributed by atoms with Gasteiger partial charge in [0.05, 0.1) is 0 Å². The minimum Gasteiger partial charge on any atom is -0.436 e. The first-order valence-electron chi connectivity index (χ1n) is 4.82. The van der Waals surface area contributed by atoms with E-state index in [9.17, 15) is 8.78 Å². The van der Waals surface area contributed by atoms with E-state index in [2.05, 4.69) is 15.4 Å². The van der Waals surface area contributed by atoms with Gasteiger partial charge in [-0.3, -0.25) is 0 Å². The number of aromatic nitrogens is 2. The smallest absolute Gasteiger partial charge is 0.226 e. The first kappa shape index (κ1) is 12.0. The van der Waals surface area contributed by atoms with Gasteiger partial charge < -0.3 is 15.9 Å². The van der Waals surface area contributed by atoms with Crippen LogP contribution in [0.3, 0.4) is 0 Å². The van der Waals surface area contributed by atoms with Crippen LogP contribution < -0.4 is 21.7 Å². The highest BCUT2D eigenvalue weighted by Crippen LogP contribution is 2.25. The average Bonchev–Trinajstić information content (AvgIpc) is 2.33. The minimum atomic E-state index is -0.726. The van der Waals surface area contributed by atoms with Gasteiger partial charge in [-0.2, -0.15) is 9.97 Å². The van der Waals surface area contributed by atoms with Crippen LogP contribution >= 0.6 is 0 Å². The Balaban J connectivity index is 2.33. The molecule has 2 rings (SSSR count). The van der Waals surface area contributed by atoms with Gasteiger partial charge in [-0.15, -0.1) is 0 Å².